The standard InChI is InChI=1S/C54H89N2O12P/c1-3-5-7-9-11-13-15-17-19-21-29-35-51(57)63-43-49(67-53(59)36-30-22-20-18-16-14-12-10-8-6-4-2)45-65-69(61,62)66-46-50(68-54(60)38-40-56-42-48-33-27-24-28-34-48)44-64-52(58)37-39-55-41-47-31-25-23-26-32-47/h23-28,31-34,49-50,55-56H,3-22,29-30,35-46H2,1-2H3,(H,61,62). The van der Waals surface area contributed by atoms with Crippen LogP contribution in [0.3, 0.4) is 0 Å². The molecule has 2 aromatic rings. The van der Waals surface area contributed by atoms with E-state index in [9.17, 15) is 28.6 Å². The maximum absolute atomic E-state index is 13.2. The molecule has 2 rings (SSSR count). The third-order valence-electron chi connectivity index (χ3n) is 11.6. The van der Waals surface area contributed by atoms with Crippen LogP contribution in [-0.4, -0.2) is 80.5 Å². The zero-order chi connectivity index (χ0) is 49.9. The fourth-order valence-electron chi connectivity index (χ4n) is 7.54. The van der Waals surface area contributed by atoms with Crippen molar-refractivity contribution in [2.24, 2.45) is 0 Å². The van der Waals surface area contributed by atoms with Gasteiger partial charge in [-0.25, -0.2) is 4.57 Å². The first-order chi connectivity index (χ1) is 33.6. The van der Waals surface area contributed by atoms with Gasteiger partial charge in [-0.2, -0.15) is 0 Å². The summed E-state index contributed by atoms with van der Waals surface area (Å²) in [6.07, 6.45) is 23.0. The second-order valence-corrected chi connectivity index (χ2v) is 19.5. The molecule has 69 heavy (non-hydrogen) atoms. The third kappa shape index (κ3) is 36.9. The van der Waals surface area contributed by atoms with E-state index in [0.29, 0.717) is 39.0 Å². The Bertz CT molecular complexity index is 1640. The molecule has 0 saturated carbocycles. The van der Waals surface area contributed by atoms with Crippen molar-refractivity contribution in [3.05, 3.63) is 71.8 Å². The largest absolute Gasteiger partial charge is 0.472 e. The Morgan fingerprint density at radius 1 is 0.449 bits per heavy atom. The molecule has 0 amide bonds. The average molecular weight is 989 g/mol. The number of ether oxygens (including phenoxy) is 4. The minimum atomic E-state index is -4.87. The molecule has 3 atom stereocenters. The number of nitrogens with one attached hydrogen (secondary N) is 2. The summed E-state index contributed by atoms with van der Waals surface area (Å²) >= 11 is 0. The number of carbonyl (C=O) groups excluding carboxylic acids is 4. The number of rotatable bonds is 46. The molecule has 0 aliphatic carbocycles. The van der Waals surface area contributed by atoms with Gasteiger partial charge in [-0.1, -0.05) is 203 Å². The lowest BCUT2D eigenvalue weighted by molar-refractivity contribution is -0.162. The minimum absolute atomic E-state index is 0.0296. The average Bonchev–Trinajstić information content (AvgIpc) is 3.35. The maximum Gasteiger partial charge on any atom is 0.472 e. The second-order valence-electron chi connectivity index (χ2n) is 18.0. The quantitative estimate of drug-likeness (QED) is 0.0246. The second kappa shape index (κ2) is 42.1. The normalized spacial score (nSPS) is 13.0. The van der Waals surface area contributed by atoms with Gasteiger partial charge in [0.05, 0.1) is 26.1 Å². The molecular weight excluding hydrogens is 900 g/mol. The highest BCUT2D eigenvalue weighted by molar-refractivity contribution is 7.47. The molecule has 0 saturated heterocycles. The van der Waals surface area contributed by atoms with E-state index in [1.807, 2.05) is 60.7 Å². The highest BCUT2D eigenvalue weighted by Gasteiger charge is 2.29. The van der Waals surface area contributed by atoms with Crippen molar-refractivity contribution in [2.45, 2.75) is 206 Å². The maximum atomic E-state index is 13.2. The predicted molar refractivity (Wildman–Crippen MR) is 271 cm³/mol. The number of phosphoric ester groups is 1. The first-order valence-electron chi connectivity index (χ1n) is 26.4. The zero-order valence-electron chi connectivity index (χ0n) is 42.4. The van der Waals surface area contributed by atoms with Gasteiger partial charge < -0.3 is 34.5 Å². The van der Waals surface area contributed by atoms with Gasteiger partial charge in [0.15, 0.2) is 12.2 Å². The van der Waals surface area contributed by atoms with E-state index in [2.05, 4.69) is 24.5 Å². The van der Waals surface area contributed by atoms with Gasteiger partial charge >= 0.3 is 31.7 Å². The van der Waals surface area contributed by atoms with E-state index >= 15 is 0 Å². The molecule has 0 radical (unpaired) electrons. The van der Waals surface area contributed by atoms with Crippen LogP contribution in [0.5, 0.6) is 0 Å². The van der Waals surface area contributed by atoms with Crippen LogP contribution in [0.15, 0.2) is 60.7 Å². The van der Waals surface area contributed by atoms with Crippen molar-refractivity contribution in [1.29, 1.82) is 0 Å². The van der Waals surface area contributed by atoms with Crippen LogP contribution < -0.4 is 10.6 Å². The lowest BCUT2D eigenvalue weighted by atomic mass is 10.1. The van der Waals surface area contributed by atoms with E-state index in [1.54, 1.807) is 0 Å². The van der Waals surface area contributed by atoms with Gasteiger partial charge in [-0.3, -0.25) is 28.2 Å². The van der Waals surface area contributed by atoms with E-state index < -0.39 is 63.7 Å². The van der Waals surface area contributed by atoms with E-state index in [0.717, 1.165) is 49.7 Å². The topological polar surface area (TPSA) is 185 Å². The van der Waals surface area contributed by atoms with Crippen LogP contribution in [0.1, 0.15) is 192 Å². The molecule has 0 spiro atoms. The van der Waals surface area contributed by atoms with Crippen molar-refractivity contribution < 1.29 is 56.6 Å². The van der Waals surface area contributed by atoms with Gasteiger partial charge in [0.1, 0.15) is 13.2 Å². The van der Waals surface area contributed by atoms with Crippen molar-refractivity contribution >= 4 is 31.7 Å². The van der Waals surface area contributed by atoms with Gasteiger partial charge in [0.2, 0.25) is 0 Å². The van der Waals surface area contributed by atoms with Gasteiger partial charge in [0, 0.05) is 39.0 Å². The molecule has 392 valence electrons. The van der Waals surface area contributed by atoms with E-state index in [1.165, 1.54) is 89.9 Å². The molecule has 15 heteroatoms. The summed E-state index contributed by atoms with van der Waals surface area (Å²) in [6.45, 7) is 4.11. The molecule has 2 aromatic carbocycles. The highest BCUT2D eigenvalue weighted by atomic mass is 31.2. The number of phosphoric acid groups is 1. The van der Waals surface area contributed by atoms with Crippen LogP contribution in [0.2, 0.25) is 0 Å². The molecule has 0 fully saturated rings. The van der Waals surface area contributed by atoms with Crippen LogP contribution in [0, 0.1) is 0 Å². The summed E-state index contributed by atoms with van der Waals surface area (Å²) in [4.78, 5) is 61.9. The molecule has 3 N–H and O–H groups in total. The number of hydrogen-bond acceptors (Lipinski definition) is 13. The summed E-state index contributed by atoms with van der Waals surface area (Å²) < 4.78 is 45.7. The molecule has 14 nitrogen and oxygen atoms in total. The summed E-state index contributed by atoms with van der Waals surface area (Å²) in [5.41, 5.74) is 2.10. The molecule has 0 aliphatic rings. The van der Waals surface area contributed by atoms with Crippen molar-refractivity contribution in [2.75, 3.05) is 39.5 Å². The van der Waals surface area contributed by atoms with Crippen LogP contribution in [0.25, 0.3) is 0 Å². The van der Waals surface area contributed by atoms with Gasteiger partial charge in [-0.15, -0.1) is 0 Å². The molecule has 0 heterocycles. The monoisotopic (exact) mass is 989 g/mol. The lowest BCUT2D eigenvalue weighted by Gasteiger charge is -2.22. The minimum Gasteiger partial charge on any atom is -0.462 e. The SMILES string of the molecule is CCCCCCCCCCCCCC(=O)OCC(COP(=O)(O)OCC(COC(=O)CCNCc1ccccc1)OC(=O)CCNCc1ccccc1)OC(=O)CCCCCCCCCCCCC. The molecular formula is C54H89N2O12P. The van der Waals surface area contributed by atoms with Crippen molar-refractivity contribution in [3.63, 3.8) is 0 Å². The van der Waals surface area contributed by atoms with Crippen molar-refractivity contribution in [1.82, 2.24) is 10.6 Å². The smallest absolute Gasteiger partial charge is 0.462 e. The number of benzene rings is 2. The van der Waals surface area contributed by atoms with Crippen LogP contribution >= 0.6 is 7.82 Å². The zero-order valence-corrected chi connectivity index (χ0v) is 43.2. The van der Waals surface area contributed by atoms with Gasteiger partial charge in [-0.05, 0) is 24.0 Å². The fraction of sp³-hybridized carbons (Fsp3) is 0.704. The Labute approximate surface area is 415 Å². The predicted octanol–water partition coefficient (Wildman–Crippen LogP) is 11.8. The summed E-state index contributed by atoms with van der Waals surface area (Å²) in [7, 11) is -4.87. The Balaban J connectivity index is 1.91. The highest BCUT2D eigenvalue weighted by Crippen LogP contribution is 2.43. The first-order valence-corrected chi connectivity index (χ1v) is 27.9. The third-order valence-corrected chi connectivity index (χ3v) is 12.6. The number of esters is 4. The summed E-state index contributed by atoms with van der Waals surface area (Å²) in [6, 6.07) is 19.4. The molecule has 0 bridgehead atoms. The van der Waals surface area contributed by atoms with Crippen LogP contribution in [-0.2, 0) is 64.8 Å². The Morgan fingerprint density at radius 3 is 1.16 bits per heavy atom. The first kappa shape index (κ1) is 61.5. The van der Waals surface area contributed by atoms with E-state index in [4.69, 9.17) is 28.0 Å². The Kier molecular flexibility index (Phi) is 37.5. The fourth-order valence-corrected chi connectivity index (χ4v) is 8.32. The molecule has 3 unspecified atom stereocenters. The molecule has 0 aromatic heterocycles. The number of unbranched alkanes of at least 4 members (excludes halogenated alkanes) is 20. The number of carbonyl (C=O) groups is 4. The number of hydrogen-bond donors (Lipinski definition) is 3. The Hall–Kier alpha value is -3.65. The van der Waals surface area contributed by atoms with Crippen LogP contribution in [0.4, 0.5) is 0 Å². The molecule has 0 aliphatic heterocycles. The summed E-state index contributed by atoms with van der Waals surface area (Å²) in [5.74, 6) is -2.20. The summed E-state index contributed by atoms with van der Waals surface area (Å²) in [5, 5.41) is 6.35. The van der Waals surface area contributed by atoms with Gasteiger partial charge in [0.25, 0.3) is 0 Å². The van der Waals surface area contributed by atoms with E-state index in [-0.39, 0.29) is 32.3 Å². The van der Waals surface area contributed by atoms with Crippen molar-refractivity contribution in [3.8, 4) is 0 Å². The lowest BCUT2D eigenvalue weighted by Crippen LogP contribution is -2.32. The Morgan fingerprint density at radius 2 is 0.768 bits per heavy atom.